The van der Waals surface area contributed by atoms with Crippen molar-refractivity contribution >= 4 is 11.4 Å². The Hall–Kier alpha value is -4.16. The molecule has 1 atom stereocenters. The fourth-order valence-corrected chi connectivity index (χ4v) is 4.88. The zero-order valence-electron chi connectivity index (χ0n) is 17.6. The molecule has 162 valence electrons. The summed E-state index contributed by atoms with van der Waals surface area (Å²) in [6, 6.07) is 33.0. The first kappa shape index (κ1) is 19.5. The third-order valence-electron chi connectivity index (χ3n) is 6.35. The SMILES string of the molecule is O=[N+]([O-])c1ccc2c(c1)C1OC(c3ccccc3)(c3ccccc3)c3ccccc3N1CO2. The van der Waals surface area contributed by atoms with Crippen LogP contribution in [0.15, 0.2) is 103 Å². The van der Waals surface area contributed by atoms with E-state index < -0.39 is 16.8 Å². The topological polar surface area (TPSA) is 64.8 Å². The number of rotatable bonds is 3. The zero-order valence-corrected chi connectivity index (χ0v) is 17.6. The van der Waals surface area contributed by atoms with Crippen molar-refractivity contribution in [3.63, 3.8) is 0 Å². The number of non-ortho nitro benzene ring substituents is 1. The molecule has 2 aliphatic rings. The summed E-state index contributed by atoms with van der Waals surface area (Å²) >= 11 is 0. The summed E-state index contributed by atoms with van der Waals surface area (Å²) in [4.78, 5) is 13.2. The van der Waals surface area contributed by atoms with Gasteiger partial charge in [-0.15, -0.1) is 0 Å². The van der Waals surface area contributed by atoms with Crippen molar-refractivity contribution in [3.8, 4) is 5.75 Å². The second kappa shape index (κ2) is 7.46. The molecule has 0 N–H and O–H groups in total. The van der Waals surface area contributed by atoms with Crippen LogP contribution in [-0.4, -0.2) is 11.7 Å². The van der Waals surface area contributed by atoms with E-state index >= 15 is 0 Å². The molecule has 6 nitrogen and oxygen atoms in total. The van der Waals surface area contributed by atoms with Crippen LogP contribution in [0.4, 0.5) is 11.4 Å². The first-order valence-electron chi connectivity index (χ1n) is 10.7. The summed E-state index contributed by atoms with van der Waals surface area (Å²) in [6.45, 7) is 0.284. The van der Waals surface area contributed by atoms with Gasteiger partial charge in [0.25, 0.3) is 5.69 Å². The standard InChI is InChI=1S/C27H20N2O4/c30-29(31)21-15-16-25-22(17-21)26-28(18-32-25)24-14-8-7-13-23(24)27(33-26,19-9-3-1-4-10-19)20-11-5-2-6-12-20/h1-17,26H,18H2. The Bertz CT molecular complexity index is 1300. The lowest BCUT2D eigenvalue weighted by molar-refractivity contribution is -0.385. The molecule has 0 aliphatic carbocycles. The summed E-state index contributed by atoms with van der Waals surface area (Å²) in [5.41, 5.74) is 3.69. The van der Waals surface area contributed by atoms with Gasteiger partial charge in [-0.25, -0.2) is 0 Å². The van der Waals surface area contributed by atoms with Gasteiger partial charge in [-0.05, 0) is 23.3 Å². The number of fused-ring (bicyclic) bond motifs is 5. The molecule has 0 bridgehead atoms. The maximum atomic E-state index is 11.5. The van der Waals surface area contributed by atoms with Crippen LogP contribution in [0.25, 0.3) is 0 Å². The molecule has 0 spiro atoms. The van der Waals surface area contributed by atoms with Gasteiger partial charge < -0.3 is 14.4 Å². The highest BCUT2D eigenvalue weighted by Gasteiger charge is 2.49. The summed E-state index contributed by atoms with van der Waals surface area (Å²) in [5, 5.41) is 11.5. The second-order valence-electron chi connectivity index (χ2n) is 8.12. The monoisotopic (exact) mass is 436 g/mol. The number of ether oxygens (including phenoxy) is 2. The van der Waals surface area contributed by atoms with Gasteiger partial charge in [-0.1, -0.05) is 78.9 Å². The number of anilines is 1. The highest BCUT2D eigenvalue weighted by molar-refractivity contribution is 5.66. The molecule has 33 heavy (non-hydrogen) atoms. The van der Waals surface area contributed by atoms with Crippen LogP contribution < -0.4 is 9.64 Å². The minimum Gasteiger partial charge on any atom is -0.473 e. The molecule has 0 amide bonds. The van der Waals surface area contributed by atoms with E-state index in [9.17, 15) is 10.1 Å². The first-order chi connectivity index (χ1) is 16.2. The fourth-order valence-electron chi connectivity index (χ4n) is 4.88. The summed E-state index contributed by atoms with van der Waals surface area (Å²) in [7, 11) is 0. The van der Waals surface area contributed by atoms with E-state index in [1.54, 1.807) is 12.1 Å². The van der Waals surface area contributed by atoms with Gasteiger partial charge in [0, 0.05) is 23.4 Å². The number of benzene rings is 4. The van der Waals surface area contributed by atoms with Crippen LogP contribution >= 0.6 is 0 Å². The third-order valence-corrected chi connectivity index (χ3v) is 6.35. The molecule has 2 aliphatic heterocycles. The molecule has 4 aromatic rings. The van der Waals surface area contributed by atoms with Crippen LogP contribution in [-0.2, 0) is 10.3 Å². The predicted molar refractivity (Wildman–Crippen MR) is 124 cm³/mol. The van der Waals surface area contributed by atoms with E-state index in [-0.39, 0.29) is 12.4 Å². The van der Waals surface area contributed by atoms with Crippen LogP contribution in [0.5, 0.6) is 5.75 Å². The third kappa shape index (κ3) is 2.92. The van der Waals surface area contributed by atoms with Crippen LogP contribution in [0.1, 0.15) is 28.5 Å². The van der Waals surface area contributed by atoms with Crippen molar-refractivity contribution in [3.05, 3.63) is 135 Å². The van der Waals surface area contributed by atoms with Crippen molar-refractivity contribution in [1.29, 1.82) is 0 Å². The molecule has 0 fully saturated rings. The quantitative estimate of drug-likeness (QED) is 0.301. The van der Waals surface area contributed by atoms with Gasteiger partial charge in [0.2, 0.25) is 0 Å². The fraction of sp³-hybridized carbons (Fsp3) is 0.111. The molecule has 1 unspecified atom stereocenters. The Morgan fingerprint density at radius 1 is 0.848 bits per heavy atom. The van der Waals surface area contributed by atoms with Crippen molar-refractivity contribution in [1.82, 2.24) is 0 Å². The van der Waals surface area contributed by atoms with E-state index in [2.05, 4.69) is 36.4 Å². The Kier molecular flexibility index (Phi) is 4.41. The van der Waals surface area contributed by atoms with E-state index in [0.717, 1.165) is 22.4 Å². The second-order valence-corrected chi connectivity index (χ2v) is 8.12. The van der Waals surface area contributed by atoms with Crippen LogP contribution in [0.2, 0.25) is 0 Å². The minimum absolute atomic E-state index is 0.00619. The minimum atomic E-state index is -0.903. The van der Waals surface area contributed by atoms with E-state index in [1.165, 1.54) is 6.07 Å². The van der Waals surface area contributed by atoms with Gasteiger partial charge in [0.1, 0.15) is 11.4 Å². The number of nitro groups is 1. The number of nitro benzene ring substituents is 1. The van der Waals surface area contributed by atoms with Gasteiger partial charge >= 0.3 is 0 Å². The molecular weight excluding hydrogens is 416 g/mol. The van der Waals surface area contributed by atoms with Gasteiger partial charge in [-0.2, -0.15) is 0 Å². The van der Waals surface area contributed by atoms with Crippen molar-refractivity contribution in [2.45, 2.75) is 11.8 Å². The molecule has 0 aromatic heterocycles. The van der Waals surface area contributed by atoms with Crippen LogP contribution in [0.3, 0.4) is 0 Å². The number of hydrogen-bond acceptors (Lipinski definition) is 5. The summed E-state index contributed by atoms with van der Waals surface area (Å²) in [5.74, 6) is 0.594. The lowest BCUT2D eigenvalue weighted by Crippen LogP contribution is -2.49. The van der Waals surface area contributed by atoms with Crippen LogP contribution in [0, 0.1) is 10.1 Å². The molecule has 0 saturated heterocycles. The average Bonchev–Trinajstić information content (AvgIpc) is 2.88. The smallest absolute Gasteiger partial charge is 0.270 e. The maximum Gasteiger partial charge on any atom is 0.270 e. The lowest BCUT2D eigenvalue weighted by atomic mass is 9.77. The van der Waals surface area contributed by atoms with E-state index in [1.807, 2.05) is 53.4 Å². The molecular formula is C27H20N2O4. The Balaban J connectivity index is 1.65. The van der Waals surface area contributed by atoms with Crippen molar-refractivity contribution < 1.29 is 14.4 Å². The largest absolute Gasteiger partial charge is 0.473 e. The molecule has 6 heteroatoms. The summed E-state index contributed by atoms with van der Waals surface area (Å²) < 4.78 is 13.0. The van der Waals surface area contributed by atoms with E-state index in [0.29, 0.717) is 11.3 Å². The molecule has 0 saturated carbocycles. The summed E-state index contributed by atoms with van der Waals surface area (Å²) in [6.07, 6.45) is -0.566. The van der Waals surface area contributed by atoms with Gasteiger partial charge in [0.15, 0.2) is 13.0 Å². The Labute approximate surface area is 190 Å². The predicted octanol–water partition coefficient (Wildman–Crippen LogP) is 5.77. The normalized spacial score (nSPS) is 17.8. The molecule has 4 aromatic carbocycles. The molecule has 2 heterocycles. The number of hydrogen-bond donors (Lipinski definition) is 0. The van der Waals surface area contributed by atoms with E-state index in [4.69, 9.17) is 9.47 Å². The first-order valence-corrected chi connectivity index (χ1v) is 10.7. The molecule has 0 radical (unpaired) electrons. The number of nitrogens with zero attached hydrogens (tertiary/aromatic N) is 2. The average molecular weight is 436 g/mol. The Morgan fingerprint density at radius 3 is 2.15 bits per heavy atom. The van der Waals surface area contributed by atoms with Gasteiger partial charge in [0.05, 0.1) is 10.5 Å². The Morgan fingerprint density at radius 2 is 1.48 bits per heavy atom. The van der Waals surface area contributed by atoms with Gasteiger partial charge in [-0.3, -0.25) is 10.1 Å². The van der Waals surface area contributed by atoms with Crippen molar-refractivity contribution in [2.24, 2.45) is 0 Å². The lowest BCUT2D eigenvalue weighted by Gasteiger charge is -2.50. The highest BCUT2D eigenvalue weighted by Crippen LogP contribution is 2.54. The number of para-hydroxylation sites is 1. The zero-order chi connectivity index (χ0) is 22.4. The van der Waals surface area contributed by atoms with Crippen molar-refractivity contribution in [2.75, 3.05) is 11.6 Å². The molecule has 6 rings (SSSR count). The highest BCUT2D eigenvalue weighted by atomic mass is 16.6. The maximum absolute atomic E-state index is 11.5.